The minimum atomic E-state index is -0.398. The molecule has 4 heteroatoms. The first-order chi connectivity index (χ1) is 9.04. The zero-order chi connectivity index (χ0) is 14.0. The Morgan fingerprint density at radius 3 is 2.63 bits per heavy atom. The first-order valence-corrected chi connectivity index (χ1v) is 6.14. The molecule has 1 heterocycles. The number of hydrogen-bond donors (Lipinski definition) is 0. The quantitative estimate of drug-likeness (QED) is 0.850. The lowest BCUT2D eigenvalue weighted by Crippen LogP contribution is -2.20. The van der Waals surface area contributed by atoms with Gasteiger partial charge in [0.2, 0.25) is 0 Å². The van der Waals surface area contributed by atoms with Crippen molar-refractivity contribution in [3.05, 3.63) is 52.1 Å². The minimum Gasteiger partial charge on any atom is -0.494 e. The summed E-state index contributed by atoms with van der Waals surface area (Å²) in [7, 11) is 1.64. The molecule has 0 bridgehead atoms. The average molecular weight is 261 g/mol. The Balaban J connectivity index is 2.54. The molecule has 0 unspecified atom stereocenters. The van der Waals surface area contributed by atoms with Crippen LogP contribution in [0.2, 0.25) is 0 Å². The van der Waals surface area contributed by atoms with Crippen molar-refractivity contribution in [2.45, 2.75) is 13.8 Å². The highest BCUT2D eigenvalue weighted by molar-refractivity contribution is 5.61. The Morgan fingerprint density at radius 2 is 2.00 bits per heavy atom. The lowest BCUT2D eigenvalue weighted by molar-refractivity contribution is 0.338. The van der Waals surface area contributed by atoms with Crippen LogP contribution in [0.5, 0.6) is 5.75 Å². The molecule has 19 heavy (non-hydrogen) atoms. The van der Waals surface area contributed by atoms with Gasteiger partial charge in [-0.05, 0) is 32.0 Å². The highest BCUT2D eigenvalue weighted by atomic mass is 19.1. The van der Waals surface area contributed by atoms with E-state index in [2.05, 4.69) is 0 Å². The molecule has 3 nitrogen and oxygen atoms in total. The number of nitrogens with zero attached hydrogens (tertiary/aromatic N) is 1. The van der Waals surface area contributed by atoms with E-state index in [1.54, 1.807) is 38.2 Å². The molecule has 0 aliphatic rings. The van der Waals surface area contributed by atoms with Crippen molar-refractivity contribution >= 4 is 0 Å². The van der Waals surface area contributed by atoms with Crippen LogP contribution in [0.1, 0.15) is 12.5 Å². The zero-order valence-electron chi connectivity index (χ0n) is 11.2. The number of aromatic nitrogens is 1. The van der Waals surface area contributed by atoms with E-state index in [9.17, 15) is 9.18 Å². The third-order valence-corrected chi connectivity index (χ3v) is 3.02. The summed E-state index contributed by atoms with van der Waals surface area (Å²) in [5, 5.41) is 0. The summed E-state index contributed by atoms with van der Waals surface area (Å²) >= 11 is 0. The van der Waals surface area contributed by atoms with Gasteiger partial charge in [0.05, 0.1) is 12.3 Å². The van der Waals surface area contributed by atoms with Gasteiger partial charge in [-0.2, -0.15) is 0 Å². The summed E-state index contributed by atoms with van der Waals surface area (Å²) in [6, 6.07) is 8.11. The summed E-state index contributed by atoms with van der Waals surface area (Å²) in [6.07, 6.45) is 0. The van der Waals surface area contributed by atoms with Crippen molar-refractivity contribution in [1.29, 1.82) is 0 Å². The second kappa shape index (κ2) is 5.26. The first kappa shape index (κ1) is 13.3. The van der Waals surface area contributed by atoms with Crippen LogP contribution in [0.15, 0.2) is 35.1 Å². The molecule has 0 saturated heterocycles. The van der Waals surface area contributed by atoms with E-state index >= 15 is 0 Å². The second-order valence-electron chi connectivity index (χ2n) is 4.34. The fraction of sp³-hybridized carbons (Fsp3) is 0.267. The smallest absolute Gasteiger partial charge is 0.253 e. The van der Waals surface area contributed by atoms with Gasteiger partial charge in [-0.1, -0.05) is 6.07 Å². The highest BCUT2D eigenvalue weighted by Crippen LogP contribution is 2.25. The number of benzene rings is 1. The maximum Gasteiger partial charge on any atom is 0.253 e. The van der Waals surface area contributed by atoms with Crippen LogP contribution in [0, 0.1) is 12.7 Å². The van der Waals surface area contributed by atoms with Crippen molar-refractivity contribution in [2.24, 2.45) is 7.05 Å². The van der Waals surface area contributed by atoms with Gasteiger partial charge in [0, 0.05) is 24.2 Å². The zero-order valence-corrected chi connectivity index (χ0v) is 11.2. The molecule has 0 aliphatic heterocycles. The van der Waals surface area contributed by atoms with Crippen LogP contribution in [0.25, 0.3) is 11.3 Å². The second-order valence-corrected chi connectivity index (χ2v) is 4.34. The molecular formula is C15H16FNO2. The van der Waals surface area contributed by atoms with E-state index in [0.717, 1.165) is 0 Å². The fourth-order valence-corrected chi connectivity index (χ4v) is 1.99. The monoisotopic (exact) mass is 261 g/mol. The normalized spacial score (nSPS) is 10.5. The Kier molecular flexibility index (Phi) is 3.69. The van der Waals surface area contributed by atoms with Crippen LogP contribution in [-0.4, -0.2) is 11.2 Å². The predicted molar refractivity (Wildman–Crippen MR) is 73.0 cm³/mol. The Bertz CT molecular complexity index is 662. The fourth-order valence-electron chi connectivity index (χ4n) is 1.99. The van der Waals surface area contributed by atoms with E-state index in [0.29, 0.717) is 29.2 Å². The average Bonchev–Trinajstić information content (AvgIpc) is 2.38. The molecule has 0 N–H and O–H groups in total. The summed E-state index contributed by atoms with van der Waals surface area (Å²) in [4.78, 5) is 11.9. The molecule has 0 atom stereocenters. The number of hydrogen-bond acceptors (Lipinski definition) is 2. The van der Waals surface area contributed by atoms with Gasteiger partial charge in [-0.3, -0.25) is 4.79 Å². The Labute approximate surface area is 111 Å². The standard InChI is InChI=1S/C15H16FNO2/c1-4-19-11-6-7-12(13(16)9-11)14-8-5-10(2)15(18)17(14)3/h5-9H,4H2,1-3H3. The molecule has 0 fully saturated rings. The molecule has 1 aromatic heterocycles. The summed E-state index contributed by atoms with van der Waals surface area (Å²) < 4.78 is 20.8. The van der Waals surface area contributed by atoms with Crippen LogP contribution in [0.4, 0.5) is 4.39 Å². The number of pyridine rings is 1. The number of aryl methyl sites for hydroxylation is 1. The topological polar surface area (TPSA) is 31.2 Å². The van der Waals surface area contributed by atoms with Crippen LogP contribution in [0.3, 0.4) is 0 Å². The lowest BCUT2D eigenvalue weighted by Gasteiger charge is -2.11. The predicted octanol–water partition coefficient (Wildman–Crippen LogP) is 2.90. The number of ether oxygens (including phenoxy) is 1. The molecule has 2 rings (SSSR count). The van der Waals surface area contributed by atoms with E-state index < -0.39 is 5.82 Å². The van der Waals surface area contributed by atoms with Gasteiger partial charge >= 0.3 is 0 Å². The van der Waals surface area contributed by atoms with Crippen LogP contribution >= 0.6 is 0 Å². The van der Waals surface area contributed by atoms with Crippen molar-refractivity contribution in [3.63, 3.8) is 0 Å². The third kappa shape index (κ3) is 2.52. The highest BCUT2D eigenvalue weighted by Gasteiger charge is 2.10. The number of rotatable bonds is 3. The molecule has 0 radical (unpaired) electrons. The molecule has 2 aromatic rings. The molecule has 1 aromatic carbocycles. The summed E-state index contributed by atoms with van der Waals surface area (Å²) in [5.74, 6) is 0.0886. The van der Waals surface area contributed by atoms with Gasteiger partial charge in [0.15, 0.2) is 0 Å². The summed E-state index contributed by atoms with van der Waals surface area (Å²) in [5.41, 5.74) is 1.46. The molecule has 0 spiro atoms. The van der Waals surface area contributed by atoms with E-state index in [1.807, 2.05) is 6.92 Å². The van der Waals surface area contributed by atoms with Crippen molar-refractivity contribution < 1.29 is 9.13 Å². The number of halogens is 1. The maximum atomic E-state index is 14.1. The van der Waals surface area contributed by atoms with Gasteiger partial charge in [0.25, 0.3) is 5.56 Å². The van der Waals surface area contributed by atoms with E-state index in [1.165, 1.54) is 10.6 Å². The van der Waals surface area contributed by atoms with Crippen molar-refractivity contribution in [2.75, 3.05) is 6.61 Å². The van der Waals surface area contributed by atoms with Gasteiger partial charge in [0.1, 0.15) is 11.6 Å². The van der Waals surface area contributed by atoms with E-state index in [-0.39, 0.29) is 5.56 Å². The molecule has 0 amide bonds. The molecule has 100 valence electrons. The summed E-state index contributed by atoms with van der Waals surface area (Å²) in [6.45, 7) is 4.07. The Hall–Kier alpha value is -2.10. The van der Waals surface area contributed by atoms with Gasteiger partial charge in [-0.15, -0.1) is 0 Å². The van der Waals surface area contributed by atoms with Crippen LogP contribution < -0.4 is 10.3 Å². The minimum absolute atomic E-state index is 0.120. The van der Waals surface area contributed by atoms with Gasteiger partial charge < -0.3 is 9.30 Å². The van der Waals surface area contributed by atoms with Crippen molar-refractivity contribution in [1.82, 2.24) is 4.57 Å². The van der Waals surface area contributed by atoms with E-state index in [4.69, 9.17) is 4.74 Å². The first-order valence-electron chi connectivity index (χ1n) is 6.14. The Morgan fingerprint density at radius 1 is 1.26 bits per heavy atom. The van der Waals surface area contributed by atoms with Gasteiger partial charge in [-0.25, -0.2) is 4.39 Å². The largest absolute Gasteiger partial charge is 0.494 e. The molecular weight excluding hydrogens is 245 g/mol. The maximum absolute atomic E-state index is 14.1. The lowest BCUT2D eigenvalue weighted by atomic mass is 10.1. The molecule has 0 aliphatic carbocycles. The van der Waals surface area contributed by atoms with Crippen LogP contribution in [-0.2, 0) is 7.05 Å². The molecule has 0 saturated carbocycles. The third-order valence-electron chi connectivity index (χ3n) is 3.02. The SMILES string of the molecule is CCOc1ccc(-c2ccc(C)c(=O)n2C)c(F)c1. The van der Waals surface area contributed by atoms with Crippen molar-refractivity contribution in [3.8, 4) is 17.0 Å².